The van der Waals surface area contributed by atoms with E-state index in [1.54, 1.807) is 5.32 Å². The van der Waals surface area contributed by atoms with Gasteiger partial charge in [0.1, 0.15) is 5.82 Å². The molecule has 0 bridgehead atoms. The maximum atomic E-state index is 12.7. The average molecular weight is 293 g/mol. The monoisotopic (exact) mass is 293 g/mol. The Kier molecular flexibility index (Phi) is 5.06. The van der Waals surface area contributed by atoms with Crippen LogP contribution in [-0.4, -0.2) is 29.7 Å². The zero-order valence-corrected chi connectivity index (χ0v) is 10.1. The van der Waals surface area contributed by atoms with Crippen molar-refractivity contribution in [3.63, 3.8) is 0 Å². The molecule has 1 unspecified atom stereocenters. The lowest BCUT2D eigenvalue weighted by Gasteiger charge is -2.14. The number of rotatable bonds is 5. The molecule has 0 aliphatic rings. The van der Waals surface area contributed by atoms with Crippen LogP contribution in [0.1, 0.15) is 17.9 Å². The maximum Gasteiger partial charge on any atom is 0.471 e. The van der Waals surface area contributed by atoms with Gasteiger partial charge in [-0.25, -0.2) is 4.39 Å². The highest BCUT2D eigenvalue weighted by Crippen LogP contribution is 2.20. The number of benzene rings is 1. The zero-order chi connectivity index (χ0) is 15.3. The number of amides is 1. The van der Waals surface area contributed by atoms with Crippen LogP contribution in [0.25, 0.3) is 0 Å². The van der Waals surface area contributed by atoms with Gasteiger partial charge in [-0.3, -0.25) is 9.59 Å². The second-order valence-electron chi connectivity index (χ2n) is 3.98. The van der Waals surface area contributed by atoms with E-state index >= 15 is 0 Å². The standard InChI is InChI=1S/C12H11F4NO3/c13-8-3-1-7(2-4-8)9(10(18)19)5-6-17-11(20)12(14,15)16/h1-4,9H,5-6H2,(H,17,20)(H,18,19). The van der Waals surface area contributed by atoms with Gasteiger partial charge in [0.05, 0.1) is 5.92 Å². The topological polar surface area (TPSA) is 66.4 Å². The fourth-order valence-corrected chi connectivity index (χ4v) is 1.56. The van der Waals surface area contributed by atoms with Crippen LogP contribution in [0.3, 0.4) is 0 Å². The van der Waals surface area contributed by atoms with Crippen molar-refractivity contribution in [2.24, 2.45) is 0 Å². The second-order valence-corrected chi connectivity index (χ2v) is 3.98. The molecule has 1 aromatic carbocycles. The first-order chi connectivity index (χ1) is 9.21. The van der Waals surface area contributed by atoms with Gasteiger partial charge in [0.25, 0.3) is 0 Å². The molecule has 0 heterocycles. The SMILES string of the molecule is O=C(O)C(CCNC(=O)C(F)(F)F)c1ccc(F)cc1. The molecule has 0 aromatic heterocycles. The molecular weight excluding hydrogens is 282 g/mol. The molecule has 1 amide bonds. The number of aliphatic carboxylic acids is 1. The Morgan fingerprint density at radius 1 is 1.20 bits per heavy atom. The Balaban J connectivity index is 2.63. The van der Waals surface area contributed by atoms with Gasteiger partial charge in [0, 0.05) is 6.54 Å². The predicted molar refractivity (Wildman–Crippen MR) is 60.5 cm³/mol. The van der Waals surface area contributed by atoms with Gasteiger partial charge in [-0.15, -0.1) is 0 Å². The fourth-order valence-electron chi connectivity index (χ4n) is 1.56. The van der Waals surface area contributed by atoms with Gasteiger partial charge in [0.15, 0.2) is 0 Å². The number of carboxylic acids is 1. The average Bonchev–Trinajstić information content (AvgIpc) is 2.34. The lowest BCUT2D eigenvalue weighted by Crippen LogP contribution is -2.38. The third kappa shape index (κ3) is 4.52. The minimum atomic E-state index is -5.01. The number of hydrogen-bond donors (Lipinski definition) is 2. The normalized spacial score (nSPS) is 12.8. The van der Waals surface area contributed by atoms with E-state index in [-0.39, 0.29) is 12.0 Å². The van der Waals surface area contributed by atoms with Gasteiger partial charge in [-0.05, 0) is 24.1 Å². The molecule has 1 aromatic rings. The summed E-state index contributed by atoms with van der Waals surface area (Å²) in [6, 6.07) is 4.58. The quantitative estimate of drug-likeness (QED) is 0.817. The minimum Gasteiger partial charge on any atom is -0.481 e. The largest absolute Gasteiger partial charge is 0.481 e. The van der Waals surface area contributed by atoms with Crippen molar-refractivity contribution < 1.29 is 32.3 Å². The summed E-state index contributed by atoms with van der Waals surface area (Å²) in [4.78, 5) is 21.6. The van der Waals surface area contributed by atoms with Gasteiger partial charge < -0.3 is 10.4 Å². The molecule has 110 valence electrons. The fraction of sp³-hybridized carbons (Fsp3) is 0.333. The maximum absolute atomic E-state index is 12.7. The summed E-state index contributed by atoms with van der Waals surface area (Å²) in [6.45, 7) is -0.452. The van der Waals surface area contributed by atoms with Crippen molar-refractivity contribution in [2.75, 3.05) is 6.54 Å². The molecule has 4 nitrogen and oxygen atoms in total. The van der Waals surface area contributed by atoms with Crippen molar-refractivity contribution in [2.45, 2.75) is 18.5 Å². The van der Waals surface area contributed by atoms with E-state index in [9.17, 15) is 27.2 Å². The van der Waals surface area contributed by atoms with Crippen molar-refractivity contribution in [1.82, 2.24) is 5.32 Å². The van der Waals surface area contributed by atoms with E-state index in [1.165, 1.54) is 12.1 Å². The van der Waals surface area contributed by atoms with Gasteiger partial charge in [-0.2, -0.15) is 13.2 Å². The summed E-state index contributed by atoms with van der Waals surface area (Å²) in [7, 11) is 0. The van der Waals surface area contributed by atoms with Crippen LogP contribution in [0.2, 0.25) is 0 Å². The van der Waals surface area contributed by atoms with Gasteiger partial charge >= 0.3 is 18.1 Å². The molecule has 0 saturated carbocycles. The Hall–Kier alpha value is -2.12. The lowest BCUT2D eigenvalue weighted by molar-refractivity contribution is -0.173. The number of carboxylic acid groups (broad SMARTS) is 1. The van der Waals surface area contributed by atoms with E-state index < -0.39 is 36.3 Å². The van der Waals surface area contributed by atoms with E-state index in [2.05, 4.69) is 0 Å². The Labute approximate surface area is 111 Å². The van der Waals surface area contributed by atoms with E-state index in [0.29, 0.717) is 0 Å². The molecule has 0 saturated heterocycles. The molecule has 2 N–H and O–H groups in total. The van der Waals surface area contributed by atoms with E-state index in [1.807, 2.05) is 0 Å². The highest BCUT2D eigenvalue weighted by Gasteiger charge is 2.38. The molecule has 1 atom stereocenters. The summed E-state index contributed by atoms with van der Waals surface area (Å²) in [5.41, 5.74) is 0.250. The summed E-state index contributed by atoms with van der Waals surface area (Å²) in [5, 5.41) is 10.6. The molecule has 1 rings (SSSR count). The number of carbonyl (C=O) groups excluding carboxylic acids is 1. The molecular formula is C12H11F4NO3. The van der Waals surface area contributed by atoms with Crippen LogP contribution in [0.5, 0.6) is 0 Å². The summed E-state index contributed by atoms with van der Waals surface area (Å²) in [6.07, 6.45) is -5.24. The number of alkyl halides is 3. The summed E-state index contributed by atoms with van der Waals surface area (Å²) in [5.74, 6) is -5.06. The third-order valence-corrected chi connectivity index (χ3v) is 2.55. The van der Waals surface area contributed by atoms with E-state index in [4.69, 9.17) is 5.11 Å². The molecule has 0 aliphatic carbocycles. The summed E-state index contributed by atoms with van der Waals surface area (Å²) >= 11 is 0. The Bertz CT molecular complexity index is 484. The number of hydrogen-bond acceptors (Lipinski definition) is 2. The van der Waals surface area contributed by atoms with Crippen LogP contribution in [-0.2, 0) is 9.59 Å². The molecule has 8 heteroatoms. The van der Waals surface area contributed by atoms with Crippen LogP contribution < -0.4 is 5.32 Å². The van der Waals surface area contributed by atoms with Crippen molar-refractivity contribution in [1.29, 1.82) is 0 Å². The minimum absolute atomic E-state index is 0.233. The predicted octanol–water partition coefficient (Wildman–Crippen LogP) is 2.06. The first kappa shape index (κ1) is 15.9. The van der Waals surface area contributed by atoms with Crippen LogP contribution in [0, 0.1) is 5.82 Å². The van der Waals surface area contributed by atoms with Crippen molar-refractivity contribution in [3.05, 3.63) is 35.6 Å². The summed E-state index contributed by atoms with van der Waals surface area (Å²) < 4.78 is 48.5. The zero-order valence-electron chi connectivity index (χ0n) is 10.1. The number of halogens is 4. The van der Waals surface area contributed by atoms with Crippen LogP contribution in [0.4, 0.5) is 17.6 Å². The highest BCUT2D eigenvalue weighted by molar-refractivity contribution is 5.81. The number of nitrogens with one attached hydrogen (secondary N) is 1. The first-order valence-corrected chi connectivity index (χ1v) is 5.55. The molecule has 0 aliphatic heterocycles. The van der Waals surface area contributed by atoms with Crippen molar-refractivity contribution >= 4 is 11.9 Å². The Morgan fingerprint density at radius 3 is 2.20 bits per heavy atom. The van der Waals surface area contributed by atoms with Crippen LogP contribution >= 0.6 is 0 Å². The Morgan fingerprint density at radius 2 is 1.75 bits per heavy atom. The molecule has 20 heavy (non-hydrogen) atoms. The molecule has 0 fully saturated rings. The third-order valence-electron chi connectivity index (χ3n) is 2.55. The first-order valence-electron chi connectivity index (χ1n) is 5.55. The van der Waals surface area contributed by atoms with Gasteiger partial charge in [0.2, 0.25) is 0 Å². The van der Waals surface area contributed by atoms with Gasteiger partial charge in [-0.1, -0.05) is 12.1 Å². The smallest absolute Gasteiger partial charge is 0.471 e. The lowest BCUT2D eigenvalue weighted by atomic mass is 9.96. The molecule has 0 spiro atoms. The highest BCUT2D eigenvalue weighted by atomic mass is 19.4. The van der Waals surface area contributed by atoms with Crippen LogP contribution in [0.15, 0.2) is 24.3 Å². The second kappa shape index (κ2) is 6.36. The number of carbonyl (C=O) groups is 2. The molecule has 0 radical (unpaired) electrons. The van der Waals surface area contributed by atoms with E-state index in [0.717, 1.165) is 12.1 Å². The van der Waals surface area contributed by atoms with Crippen molar-refractivity contribution in [3.8, 4) is 0 Å².